The van der Waals surface area contributed by atoms with Gasteiger partial charge >= 0.3 is 5.97 Å². The highest BCUT2D eigenvalue weighted by molar-refractivity contribution is 5.87. The fourth-order valence-corrected chi connectivity index (χ4v) is 3.88. The van der Waals surface area contributed by atoms with Crippen LogP contribution in [0.4, 0.5) is 0 Å². The van der Waals surface area contributed by atoms with E-state index in [0.29, 0.717) is 6.42 Å². The Bertz CT molecular complexity index is 1010. The molecule has 2 aromatic carbocycles. The van der Waals surface area contributed by atoms with Crippen molar-refractivity contribution >= 4 is 16.9 Å². The third-order valence-electron chi connectivity index (χ3n) is 5.13. The summed E-state index contributed by atoms with van der Waals surface area (Å²) >= 11 is 0. The minimum absolute atomic E-state index is 0.162. The molecule has 2 N–H and O–H groups in total. The molecule has 5 rings (SSSR count). The van der Waals surface area contributed by atoms with Gasteiger partial charge in [0.25, 0.3) is 0 Å². The lowest BCUT2D eigenvalue weighted by molar-refractivity contribution is -0.143. The molecule has 0 unspecified atom stereocenters. The number of nitrogens with one attached hydrogen (secondary N) is 2. The average molecular weight is 350 g/mol. The highest BCUT2D eigenvalue weighted by Crippen LogP contribution is 2.39. The zero-order valence-corrected chi connectivity index (χ0v) is 14.2. The highest BCUT2D eigenvalue weighted by Gasteiger charge is 2.35. The third kappa shape index (κ3) is 2.26. The van der Waals surface area contributed by atoms with Crippen LogP contribution in [0.15, 0.2) is 42.5 Å². The van der Waals surface area contributed by atoms with Crippen molar-refractivity contribution in [2.24, 2.45) is 0 Å². The monoisotopic (exact) mass is 350 g/mol. The van der Waals surface area contributed by atoms with Crippen LogP contribution in [-0.2, 0) is 16.0 Å². The number of fused-ring (bicyclic) bond motifs is 4. The van der Waals surface area contributed by atoms with Gasteiger partial charge in [-0.05, 0) is 29.3 Å². The van der Waals surface area contributed by atoms with Crippen LogP contribution in [0.2, 0.25) is 0 Å². The van der Waals surface area contributed by atoms with E-state index in [9.17, 15) is 4.79 Å². The Morgan fingerprint density at radius 2 is 2.00 bits per heavy atom. The van der Waals surface area contributed by atoms with Crippen LogP contribution < -0.4 is 14.8 Å². The largest absolute Gasteiger partial charge is 0.468 e. The lowest BCUT2D eigenvalue weighted by Crippen LogP contribution is -2.45. The van der Waals surface area contributed by atoms with Crippen molar-refractivity contribution in [1.82, 2.24) is 10.3 Å². The first kappa shape index (κ1) is 15.3. The Balaban J connectivity index is 1.65. The maximum Gasteiger partial charge on any atom is 0.323 e. The van der Waals surface area contributed by atoms with Gasteiger partial charge in [0.1, 0.15) is 6.04 Å². The van der Waals surface area contributed by atoms with E-state index in [4.69, 9.17) is 14.2 Å². The molecular formula is C20H18N2O4. The Morgan fingerprint density at radius 3 is 2.88 bits per heavy atom. The summed E-state index contributed by atoms with van der Waals surface area (Å²) in [6, 6.07) is 13.5. The lowest BCUT2D eigenvalue weighted by atomic mass is 9.90. The van der Waals surface area contributed by atoms with Gasteiger partial charge in [-0.25, -0.2) is 0 Å². The predicted molar refractivity (Wildman–Crippen MR) is 95.4 cm³/mol. The second-order valence-electron chi connectivity index (χ2n) is 6.56. The van der Waals surface area contributed by atoms with Gasteiger partial charge in [-0.3, -0.25) is 10.1 Å². The summed E-state index contributed by atoms with van der Waals surface area (Å²) < 4.78 is 15.9. The molecule has 6 heteroatoms. The molecule has 6 nitrogen and oxygen atoms in total. The van der Waals surface area contributed by atoms with Crippen LogP contribution in [-0.4, -0.2) is 30.9 Å². The van der Waals surface area contributed by atoms with Crippen molar-refractivity contribution in [3.8, 4) is 11.5 Å². The van der Waals surface area contributed by atoms with Gasteiger partial charge < -0.3 is 19.2 Å². The SMILES string of the molecule is COC(=O)[C@@H]1Cc2c([nH]c3ccccc23)[C@@H](c2ccc3c(c2)OCO3)N1. The number of carbonyl (C=O) groups is 1. The van der Waals surface area contributed by atoms with E-state index in [-0.39, 0.29) is 18.8 Å². The van der Waals surface area contributed by atoms with Crippen LogP contribution in [0, 0.1) is 0 Å². The second kappa shape index (κ2) is 5.78. The molecule has 132 valence electrons. The van der Waals surface area contributed by atoms with Crippen molar-refractivity contribution in [1.29, 1.82) is 0 Å². The maximum absolute atomic E-state index is 12.3. The Kier molecular flexibility index (Phi) is 3.39. The smallest absolute Gasteiger partial charge is 0.323 e. The van der Waals surface area contributed by atoms with Gasteiger partial charge in [0.2, 0.25) is 6.79 Å². The van der Waals surface area contributed by atoms with Crippen LogP contribution in [0.5, 0.6) is 11.5 Å². The highest BCUT2D eigenvalue weighted by atomic mass is 16.7. The molecule has 0 radical (unpaired) electrons. The van der Waals surface area contributed by atoms with E-state index in [1.165, 1.54) is 7.11 Å². The quantitative estimate of drug-likeness (QED) is 0.695. The van der Waals surface area contributed by atoms with Crippen LogP contribution in [0.1, 0.15) is 22.9 Å². The number of aromatic amines is 1. The molecule has 26 heavy (non-hydrogen) atoms. The minimum atomic E-state index is -0.401. The number of methoxy groups -OCH3 is 1. The molecule has 2 aliphatic rings. The number of hydrogen-bond donors (Lipinski definition) is 2. The van der Waals surface area contributed by atoms with Crippen LogP contribution in [0.25, 0.3) is 10.9 Å². The summed E-state index contributed by atoms with van der Waals surface area (Å²) in [7, 11) is 1.42. The van der Waals surface area contributed by atoms with Crippen molar-refractivity contribution in [3.63, 3.8) is 0 Å². The zero-order valence-electron chi connectivity index (χ0n) is 14.2. The number of rotatable bonds is 2. The molecule has 2 atom stereocenters. The average Bonchev–Trinajstić information content (AvgIpc) is 3.30. The number of carbonyl (C=O) groups excluding carboxylic acids is 1. The first-order valence-corrected chi connectivity index (χ1v) is 8.57. The third-order valence-corrected chi connectivity index (χ3v) is 5.13. The maximum atomic E-state index is 12.3. The summed E-state index contributed by atoms with van der Waals surface area (Å²) in [5.41, 5.74) is 4.30. The molecule has 0 saturated heterocycles. The number of esters is 1. The minimum Gasteiger partial charge on any atom is -0.468 e. The molecular weight excluding hydrogens is 332 g/mol. The fraction of sp³-hybridized carbons (Fsp3) is 0.250. The molecule has 0 saturated carbocycles. The normalized spacial score (nSPS) is 20.8. The number of aromatic nitrogens is 1. The van der Waals surface area contributed by atoms with Crippen molar-refractivity contribution in [2.45, 2.75) is 18.5 Å². The molecule has 2 aliphatic heterocycles. The van der Waals surface area contributed by atoms with E-state index in [1.54, 1.807) is 0 Å². The molecule has 3 heterocycles. The van der Waals surface area contributed by atoms with Gasteiger partial charge in [-0.2, -0.15) is 0 Å². The van der Waals surface area contributed by atoms with Gasteiger partial charge in [-0.15, -0.1) is 0 Å². The standard InChI is InChI=1S/C20H18N2O4/c1-24-20(23)15-9-13-12-4-2-3-5-14(12)21-19(13)18(22-15)11-6-7-16-17(8-11)26-10-25-16/h2-8,15,18,21-22H,9-10H2,1H3/t15-,18+/m0/s1. The van der Waals surface area contributed by atoms with E-state index in [2.05, 4.69) is 22.4 Å². The predicted octanol–water partition coefficient (Wildman–Crippen LogP) is 2.67. The van der Waals surface area contributed by atoms with Crippen molar-refractivity contribution < 1.29 is 19.0 Å². The Hall–Kier alpha value is -2.99. The second-order valence-corrected chi connectivity index (χ2v) is 6.56. The number of H-pyrrole nitrogens is 1. The molecule has 0 amide bonds. The number of para-hydroxylation sites is 1. The lowest BCUT2D eigenvalue weighted by Gasteiger charge is -2.30. The van der Waals surface area contributed by atoms with Crippen LogP contribution in [0.3, 0.4) is 0 Å². The molecule has 0 aliphatic carbocycles. The molecule has 0 spiro atoms. The van der Waals surface area contributed by atoms with E-state index in [0.717, 1.165) is 39.2 Å². The number of hydrogen-bond acceptors (Lipinski definition) is 5. The van der Waals surface area contributed by atoms with Gasteiger partial charge in [0, 0.05) is 23.0 Å². The van der Waals surface area contributed by atoms with Gasteiger partial charge in [-0.1, -0.05) is 24.3 Å². The summed E-state index contributed by atoms with van der Waals surface area (Å²) in [6.07, 6.45) is 0.590. The van der Waals surface area contributed by atoms with E-state index in [1.807, 2.05) is 30.3 Å². The number of ether oxygens (including phenoxy) is 3. The molecule has 1 aromatic heterocycles. The summed E-state index contributed by atoms with van der Waals surface area (Å²) in [5, 5.41) is 4.57. The molecule has 0 bridgehead atoms. The van der Waals surface area contributed by atoms with Crippen LogP contribution >= 0.6 is 0 Å². The fourth-order valence-electron chi connectivity index (χ4n) is 3.88. The van der Waals surface area contributed by atoms with Gasteiger partial charge in [0.05, 0.1) is 13.2 Å². The first-order chi connectivity index (χ1) is 12.7. The van der Waals surface area contributed by atoms with Crippen molar-refractivity contribution in [2.75, 3.05) is 13.9 Å². The topological polar surface area (TPSA) is 72.6 Å². The first-order valence-electron chi connectivity index (χ1n) is 8.57. The summed E-state index contributed by atoms with van der Waals surface area (Å²) in [4.78, 5) is 15.8. The summed E-state index contributed by atoms with van der Waals surface area (Å²) in [6.45, 7) is 0.235. The Morgan fingerprint density at radius 1 is 1.15 bits per heavy atom. The zero-order chi connectivity index (χ0) is 17.7. The van der Waals surface area contributed by atoms with E-state index < -0.39 is 6.04 Å². The Labute approximate surface area is 150 Å². The molecule has 0 fully saturated rings. The van der Waals surface area contributed by atoms with Crippen molar-refractivity contribution in [3.05, 3.63) is 59.3 Å². The molecule has 3 aromatic rings. The number of benzene rings is 2. The summed E-state index contributed by atoms with van der Waals surface area (Å²) in [5.74, 6) is 1.21. The van der Waals surface area contributed by atoms with Gasteiger partial charge in [0.15, 0.2) is 11.5 Å². The van der Waals surface area contributed by atoms with E-state index >= 15 is 0 Å².